The van der Waals surface area contributed by atoms with Crippen molar-refractivity contribution in [3.63, 3.8) is 0 Å². The Morgan fingerprint density at radius 1 is 1.07 bits per heavy atom. The number of benzene rings is 2. The Balaban J connectivity index is 1.89. The van der Waals surface area contributed by atoms with Crippen LogP contribution in [0.2, 0.25) is 5.02 Å². The van der Waals surface area contributed by atoms with E-state index >= 15 is 0 Å². The number of furan rings is 1. The molecule has 148 valence electrons. The van der Waals surface area contributed by atoms with Gasteiger partial charge in [0, 0.05) is 16.0 Å². The molecule has 0 aliphatic rings. The summed E-state index contributed by atoms with van der Waals surface area (Å²) in [6.07, 6.45) is 1.67. The highest BCUT2D eigenvalue weighted by Crippen LogP contribution is 2.34. The van der Waals surface area contributed by atoms with E-state index in [1.807, 2.05) is 54.6 Å². The van der Waals surface area contributed by atoms with Crippen molar-refractivity contribution in [1.82, 2.24) is 4.57 Å². The van der Waals surface area contributed by atoms with E-state index < -0.39 is 0 Å². The normalized spacial score (nSPS) is 11.6. The molecule has 29 heavy (non-hydrogen) atoms. The van der Waals surface area contributed by atoms with E-state index in [-0.39, 0.29) is 0 Å². The van der Waals surface area contributed by atoms with Crippen LogP contribution in [0.4, 0.5) is 5.69 Å². The third-order valence-corrected chi connectivity index (χ3v) is 5.54. The van der Waals surface area contributed by atoms with Crippen molar-refractivity contribution in [1.29, 1.82) is 0 Å². The average molecular weight is 427 g/mol. The van der Waals surface area contributed by atoms with Gasteiger partial charge in [-0.05, 0) is 54.6 Å². The second kappa shape index (κ2) is 8.59. The minimum atomic E-state index is 0.540. The molecule has 0 unspecified atom stereocenters. The number of ether oxygens (including phenoxy) is 2. The fraction of sp³-hybridized carbons (Fsp3) is 0.136. The van der Waals surface area contributed by atoms with Gasteiger partial charge in [0.05, 0.1) is 38.4 Å². The van der Waals surface area contributed by atoms with Crippen molar-refractivity contribution in [2.24, 2.45) is 4.99 Å². The van der Waals surface area contributed by atoms with Crippen molar-refractivity contribution < 1.29 is 13.9 Å². The van der Waals surface area contributed by atoms with Gasteiger partial charge in [0.1, 0.15) is 17.3 Å². The van der Waals surface area contributed by atoms with Crippen molar-refractivity contribution in [2.75, 3.05) is 14.2 Å². The van der Waals surface area contributed by atoms with Gasteiger partial charge in [-0.2, -0.15) is 0 Å². The van der Waals surface area contributed by atoms with Crippen molar-refractivity contribution >= 4 is 28.6 Å². The summed E-state index contributed by atoms with van der Waals surface area (Å²) in [7, 11) is 3.31. The highest BCUT2D eigenvalue weighted by molar-refractivity contribution is 7.07. The van der Waals surface area contributed by atoms with Crippen LogP contribution in [0.25, 0.3) is 11.3 Å². The van der Waals surface area contributed by atoms with Gasteiger partial charge in [-0.25, -0.2) is 4.99 Å². The number of halogens is 1. The third kappa shape index (κ3) is 4.23. The van der Waals surface area contributed by atoms with E-state index in [1.165, 1.54) is 0 Å². The maximum absolute atomic E-state index is 6.00. The maximum Gasteiger partial charge on any atom is 0.190 e. The van der Waals surface area contributed by atoms with Crippen LogP contribution >= 0.6 is 22.9 Å². The lowest BCUT2D eigenvalue weighted by Crippen LogP contribution is -2.16. The smallest absolute Gasteiger partial charge is 0.190 e. The summed E-state index contributed by atoms with van der Waals surface area (Å²) in [5.41, 5.74) is 2.72. The fourth-order valence-electron chi connectivity index (χ4n) is 2.99. The number of methoxy groups -OCH3 is 2. The van der Waals surface area contributed by atoms with Crippen molar-refractivity contribution in [3.8, 4) is 22.8 Å². The molecule has 4 aromatic rings. The zero-order valence-corrected chi connectivity index (χ0v) is 17.5. The summed E-state index contributed by atoms with van der Waals surface area (Å²) in [4.78, 5) is 5.65. The number of rotatable bonds is 6. The molecule has 0 atom stereocenters. The Hall–Kier alpha value is -2.96. The molecule has 0 N–H and O–H groups in total. The Kier molecular flexibility index (Phi) is 5.74. The zero-order chi connectivity index (χ0) is 20.2. The summed E-state index contributed by atoms with van der Waals surface area (Å²) >= 11 is 7.55. The highest BCUT2D eigenvalue weighted by Gasteiger charge is 2.15. The first kappa shape index (κ1) is 19.4. The van der Waals surface area contributed by atoms with Crippen LogP contribution in [0.5, 0.6) is 11.5 Å². The fourth-order valence-corrected chi connectivity index (χ4v) is 4.03. The Bertz CT molecular complexity index is 1160. The van der Waals surface area contributed by atoms with Gasteiger partial charge < -0.3 is 18.5 Å². The lowest BCUT2D eigenvalue weighted by molar-refractivity contribution is 0.404. The van der Waals surface area contributed by atoms with Gasteiger partial charge in [-0.15, -0.1) is 11.3 Å². The molecule has 7 heteroatoms. The van der Waals surface area contributed by atoms with Gasteiger partial charge in [-0.1, -0.05) is 11.6 Å². The molecule has 0 aliphatic heterocycles. The molecule has 0 saturated heterocycles. The molecule has 0 amide bonds. The molecule has 0 spiro atoms. The minimum absolute atomic E-state index is 0.540. The predicted octanol–water partition coefficient (Wildman–Crippen LogP) is 5.76. The molecule has 5 nitrogen and oxygen atoms in total. The summed E-state index contributed by atoms with van der Waals surface area (Å²) in [5, 5.41) is 2.75. The number of nitrogens with zero attached hydrogens (tertiary/aromatic N) is 2. The molecule has 0 aliphatic carbocycles. The molecule has 0 radical (unpaired) electrons. The Labute approximate surface area is 177 Å². The lowest BCUT2D eigenvalue weighted by atomic mass is 10.1. The van der Waals surface area contributed by atoms with Crippen molar-refractivity contribution in [3.05, 3.63) is 81.8 Å². The van der Waals surface area contributed by atoms with Crippen LogP contribution in [0.15, 0.2) is 75.7 Å². The van der Waals surface area contributed by atoms with Crippen LogP contribution < -0.4 is 14.3 Å². The molecule has 4 rings (SSSR count). The summed E-state index contributed by atoms with van der Waals surface area (Å²) < 4.78 is 18.7. The van der Waals surface area contributed by atoms with Crippen LogP contribution in [0.1, 0.15) is 5.76 Å². The summed E-state index contributed by atoms with van der Waals surface area (Å²) in [6.45, 7) is 0.540. The molecule has 0 bridgehead atoms. The first-order valence-electron chi connectivity index (χ1n) is 8.91. The van der Waals surface area contributed by atoms with E-state index in [0.29, 0.717) is 11.6 Å². The minimum Gasteiger partial charge on any atom is -0.497 e. The Morgan fingerprint density at radius 3 is 2.59 bits per heavy atom. The second-order valence-electron chi connectivity index (χ2n) is 6.22. The summed E-state index contributed by atoms with van der Waals surface area (Å²) in [6, 6.07) is 17.0. The number of hydrogen-bond donors (Lipinski definition) is 0. The highest BCUT2D eigenvalue weighted by atomic mass is 35.5. The topological polar surface area (TPSA) is 48.9 Å². The molecular weight excluding hydrogens is 408 g/mol. The number of thiazole rings is 1. The predicted molar refractivity (Wildman–Crippen MR) is 115 cm³/mol. The summed E-state index contributed by atoms with van der Waals surface area (Å²) in [5.74, 6) is 2.35. The first-order chi connectivity index (χ1) is 14.2. The Morgan fingerprint density at radius 2 is 1.90 bits per heavy atom. The molecular formula is C22H19ClN2O3S. The quantitative estimate of drug-likeness (QED) is 0.393. The monoisotopic (exact) mass is 426 g/mol. The SMILES string of the molecule is COc1ccc(OC)c(-c2csc(=Nc3ccc(Cl)cc3)n2Cc2ccco2)c1. The first-order valence-corrected chi connectivity index (χ1v) is 10.2. The van der Waals surface area contributed by atoms with Gasteiger partial charge in [0.2, 0.25) is 0 Å². The van der Waals surface area contributed by atoms with E-state index in [9.17, 15) is 0 Å². The van der Waals surface area contributed by atoms with Gasteiger partial charge in [0.25, 0.3) is 0 Å². The standard InChI is InChI=1S/C22H19ClN2O3S/c1-26-17-9-10-21(27-2)19(12-17)20-14-29-22(24-16-7-5-15(23)6-8-16)25(20)13-18-4-3-11-28-18/h3-12,14H,13H2,1-2H3. The van der Waals surface area contributed by atoms with Crippen LogP contribution in [-0.2, 0) is 6.54 Å². The maximum atomic E-state index is 6.00. The molecule has 0 fully saturated rings. The van der Waals surface area contributed by atoms with Gasteiger partial charge in [-0.3, -0.25) is 0 Å². The number of aromatic nitrogens is 1. The molecule has 0 saturated carbocycles. The molecule has 2 heterocycles. The second-order valence-corrected chi connectivity index (χ2v) is 7.50. The largest absolute Gasteiger partial charge is 0.497 e. The van der Waals surface area contributed by atoms with Crippen LogP contribution in [-0.4, -0.2) is 18.8 Å². The number of hydrogen-bond acceptors (Lipinski definition) is 5. The van der Waals surface area contributed by atoms with E-state index in [0.717, 1.165) is 39.0 Å². The van der Waals surface area contributed by atoms with Gasteiger partial charge in [0.15, 0.2) is 4.80 Å². The van der Waals surface area contributed by atoms with Crippen LogP contribution in [0, 0.1) is 0 Å². The third-order valence-electron chi connectivity index (χ3n) is 4.43. The zero-order valence-electron chi connectivity index (χ0n) is 16.0. The van der Waals surface area contributed by atoms with Gasteiger partial charge >= 0.3 is 0 Å². The van der Waals surface area contributed by atoms with Crippen LogP contribution in [0.3, 0.4) is 0 Å². The average Bonchev–Trinajstić information content (AvgIpc) is 3.40. The van der Waals surface area contributed by atoms with Crippen molar-refractivity contribution in [2.45, 2.75) is 6.54 Å². The molecule has 2 aromatic heterocycles. The lowest BCUT2D eigenvalue weighted by Gasteiger charge is -2.13. The molecule has 2 aromatic carbocycles. The van der Waals surface area contributed by atoms with E-state index in [1.54, 1.807) is 31.8 Å². The van der Waals surface area contributed by atoms with E-state index in [4.69, 9.17) is 30.5 Å². The van der Waals surface area contributed by atoms with E-state index in [2.05, 4.69) is 9.95 Å².